The molecule has 4 rings (SSSR count). The number of carbonyl (C=O) groups excluding carboxylic acids is 3. The fourth-order valence-corrected chi connectivity index (χ4v) is 5.39. The number of ether oxygens (including phenoxy) is 2. The molecule has 0 spiro atoms. The lowest BCUT2D eigenvalue weighted by molar-refractivity contribution is -0.114. The highest BCUT2D eigenvalue weighted by molar-refractivity contribution is 8.00. The topological polar surface area (TPSA) is 106 Å². The molecule has 0 aliphatic heterocycles. The van der Waals surface area contributed by atoms with E-state index in [0.29, 0.717) is 54.0 Å². The number of carbonyl (C=O) groups is 3. The Morgan fingerprint density at radius 1 is 0.773 bits per heavy atom. The summed E-state index contributed by atoms with van der Waals surface area (Å²) in [6, 6.07) is 23.5. The first-order valence-corrected chi connectivity index (χ1v) is 15.1. The van der Waals surface area contributed by atoms with Crippen LogP contribution in [0.1, 0.15) is 15.9 Å². The molecule has 0 aliphatic rings. The molecular formula is C32H26Cl3N3O5S. The fourth-order valence-electron chi connectivity index (χ4n) is 3.89. The van der Waals surface area contributed by atoms with Gasteiger partial charge in [0.2, 0.25) is 5.91 Å². The summed E-state index contributed by atoms with van der Waals surface area (Å²) in [7, 11) is 2.96. The number of benzene rings is 4. The molecule has 0 aromatic heterocycles. The number of methoxy groups -OCH3 is 2. The minimum atomic E-state index is -0.603. The zero-order chi connectivity index (χ0) is 31.6. The van der Waals surface area contributed by atoms with Crippen LogP contribution < -0.4 is 25.4 Å². The second-order valence-corrected chi connectivity index (χ2v) is 11.3. The third-order valence-electron chi connectivity index (χ3n) is 6.03. The molecule has 12 heteroatoms. The predicted octanol–water partition coefficient (Wildman–Crippen LogP) is 7.80. The van der Waals surface area contributed by atoms with Gasteiger partial charge in [0.25, 0.3) is 11.8 Å². The van der Waals surface area contributed by atoms with Crippen LogP contribution in [0.15, 0.2) is 95.5 Å². The van der Waals surface area contributed by atoms with Gasteiger partial charge in [-0.15, -0.1) is 11.8 Å². The highest BCUT2D eigenvalue weighted by atomic mass is 35.5. The summed E-state index contributed by atoms with van der Waals surface area (Å²) in [5, 5.41) is 9.18. The Bertz CT molecular complexity index is 1700. The van der Waals surface area contributed by atoms with Crippen molar-refractivity contribution in [3.05, 3.63) is 117 Å². The van der Waals surface area contributed by atoms with Crippen molar-refractivity contribution in [1.82, 2.24) is 5.32 Å². The second kappa shape index (κ2) is 15.5. The van der Waals surface area contributed by atoms with Crippen molar-refractivity contribution in [3.8, 4) is 11.5 Å². The molecule has 3 N–H and O–H groups in total. The maximum Gasteiger partial charge on any atom is 0.272 e. The molecule has 226 valence electrons. The smallest absolute Gasteiger partial charge is 0.272 e. The van der Waals surface area contributed by atoms with Crippen molar-refractivity contribution in [1.29, 1.82) is 0 Å². The Labute approximate surface area is 273 Å². The molecule has 0 atom stereocenters. The van der Waals surface area contributed by atoms with E-state index in [1.54, 1.807) is 84.9 Å². The molecule has 4 aromatic carbocycles. The van der Waals surface area contributed by atoms with Gasteiger partial charge in [0, 0.05) is 37.8 Å². The molecule has 0 heterocycles. The Balaban J connectivity index is 1.48. The minimum absolute atomic E-state index is 0.0630. The van der Waals surface area contributed by atoms with Gasteiger partial charge < -0.3 is 25.4 Å². The van der Waals surface area contributed by atoms with Crippen LogP contribution in [0.4, 0.5) is 11.4 Å². The highest BCUT2D eigenvalue weighted by Gasteiger charge is 2.18. The van der Waals surface area contributed by atoms with Gasteiger partial charge >= 0.3 is 0 Å². The van der Waals surface area contributed by atoms with Gasteiger partial charge in [0.15, 0.2) is 0 Å². The first-order chi connectivity index (χ1) is 21.2. The monoisotopic (exact) mass is 669 g/mol. The van der Waals surface area contributed by atoms with E-state index >= 15 is 0 Å². The molecular weight excluding hydrogens is 645 g/mol. The van der Waals surface area contributed by atoms with Crippen molar-refractivity contribution in [3.63, 3.8) is 0 Å². The quantitative estimate of drug-likeness (QED) is 0.111. The number of thioether (sulfide) groups is 1. The van der Waals surface area contributed by atoms with Crippen molar-refractivity contribution in [2.75, 3.05) is 30.6 Å². The van der Waals surface area contributed by atoms with Crippen molar-refractivity contribution in [2.45, 2.75) is 4.90 Å². The van der Waals surface area contributed by atoms with Crippen LogP contribution >= 0.6 is 46.6 Å². The van der Waals surface area contributed by atoms with Crippen LogP contribution in [-0.2, 0) is 9.59 Å². The molecule has 0 saturated heterocycles. The van der Waals surface area contributed by atoms with Crippen molar-refractivity contribution >= 4 is 81.7 Å². The maximum atomic E-state index is 13.4. The summed E-state index contributed by atoms with van der Waals surface area (Å²) in [4.78, 5) is 39.8. The molecule has 4 aromatic rings. The lowest BCUT2D eigenvalue weighted by Gasteiger charge is -2.14. The molecule has 0 bridgehead atoms. The van der Waals surface area contributed by atoms with Crippen LogP contribution in [0.25, 0.3) is 6.08 Å². The van der Waals surface area contributed by atoms with Gasteiger partial charge in [-0.2, -0.15) is 0 Å². The van der Waals surface area contributed by atoms with Gasteiger partial charge in [-0.05, 0) is 54.6 Å². The number of nitrogens with one attached hydrogen (secondary N) is 3. The number of anilines is 2. The molecule has 0 aliphatic carbocycles. The van der Waals surface area contributed by atoms with Crippen LogP contribution in [0, 0.1) is 0 Å². The van der Waals surface area contributed by atoms with E-state index < -0.39 is 11.8 Å². The van der Waals surface area contributed by atoms with E-state index in [-0.39, 0.29) is 17.4 Å². The number of halogens is 3. The molecule has 0 saturated carbocycles. The zero-order valence-electron chi connectivity index (χ0n) is 23.5. The molecule has 0 unspecified atom stereocenters. The van der Waals surface area contributed by atoms with Crippen molar-refractivity contribution in [2.24, 2.45) is 0 Å². The summed E-state index contributed by atoms with van der Waals surface area (Å²) in [5.41, 5.74) is 1.51. The van der Waals surface area contributed by atoms with Gasteiger partial charge in [0.05, 0.1) is 30.7 Å². The van der Waals surface area contributed by atoms with E-state index in [0.717, 1.165) is 0 Å². The van der Waals surface area contributed by atoms with Gasteiger partial charge in [-0.25, -0.2) is 0 Å². The second-order valence-electron chi connectivity index (χ2n) is 9.02. The van der Waals surface area contributed by atoms with E-state index in [1.165, 1.54) is 32.1 Å². The molecule has 44 heavy (non-hydrogen) atoms. The average molecular weight is 671 g/mol. The SMILES string of the molecule is COc1cc(OC)c(NC(=O)CSc2cccc(NC(=O)/C(=C\c3c(Cl)cccc3Cl)NC(=O)c3ccccc3)c2)cc1Cl. The lowest BCUT2D eigenvalue weighted by Crippen LogP contribution is -2.30. The van der Waals surface area contributed by atoms with Crippen LogP contribution in [0.5, 0.6) is 11.5 Å². The van der Waals surface area contributed by atoms with Crippen LogP contribution in [0.3, 0.4) is 0 Å². The molecule has 8 nitrogen and oxygen atoms in total. The normalized spacial score (nSPS) is 11.0. The average Bonchev–Trinajstić information content (AvgIpc) is 3.02. The standard InChI is InChI=1S/C32H26Cl3N3O5S/c1-42-28-17-29(43-2)26(16-25(28)35)37-30(39)18-44-21-11-6-10-20(14-21)36-32(41)27(15-22-23(33)12-7-13-24(22)34)38-31(40)19-8-4-3-5-9-19/h3-17H,18H2,1-2H3,(H,36,41)(H,37,39)(H,38,40)/b27-15+. The largest absolute Gasteiger partial charge is 0.495 e. The predicted molar refractivity (Wildman–Crippen MR) is 177 cm³/mol. The van der Waals surface area contributed by atoms with Gasteiger partial charge in [0.1, 0.15) is 17.2 Å². The number of rotatable bonds is 11. The van der Waals surface area contributed by atoms with Crippen LogP contribution in [-0.4, -0.2) is 37.7 Å². The zero-order valence-corrected chi connectivity index (χ0v) is 26.5. The first-order valence-electron chi connectivity index (χ1n) is 13.0. The molecule has 3 amide bonds. The Hall–Kier alpha value is -4.15. The van der Waals surface area contributed by atoms with E-state index in [4.69, 9.17) is 44.3 Å². The summed E-state index contributed by atoms with van der Waals surface area (Å²) in [6.45, 7) is 0. The number of hydrogen-bond donors (Lipinski definition) is 3. The third kappa shape index (κ3) is 8.70. The summed E-state index contributed by atoms with van der Waals surface area (Å²) < 4.78 is 10.5. The lowest BCUT2D eigenvalue weighted by atomic mass is 10.1. The Kier molecular flexibility index (Phi) is 11.6. The molecule has 0 radical (unpaired) electrons. The van der Waals surface area contributed by atoms with E-state index in [2.05, 4.69) is 16.0 Å². The van der Waals surface area contributed by atoms with Gasteiger partial charge in [-0.3, -0.25) is 14.4 Å². The molecule has 0 fully saturated rings. The van der Waals surface area contributed by atoms with E-state index in [9.17, 15) is 14.4 Å². The van der Waals surface area contributed by atoms with Crippen LogP contribution in [0.2, 0.25) is 15.1 Å². The van der Waals surface area contributed by atoms with Crippen molar-refractivity contribution < 1.29 is 23.9 Å². The third-order valence-corrected chi connectivity index (χ3v) is 7.98. The fraction of sp³-hybridized carbons (Fsp3) is 0.0938. The highest BCUT2D eigenvalue weighted by Crippen LogP contribution is 2.36. The number of hydrogen-bond acceptors (Lipinski definition) is 6. The van der Waals surface area contributed by atoms with Gasteiger partial charge in [-0.1, -0.05) is 65.1 Å². The number of amides is 3. The maximum absolute atomic E-state index is 13.4. The minimum Gasteiger partial charge on any atom is -0.495 e. The Morgan fingerprint density at radius 2 is 1.45 bits per heavy atom. The van der Waals surface area contributed by atoms with E-state index in [1.807, 2.05) is 0 Å². The summed E-state index contributed by atoms with van der Waals surface area (Å²) in [5.74, 6) is -0.505. The first kappa shape index (κ1) is 32.8. The summed E-state index contributed by atoms with van der Waals surface area (Å²) >= 11 is 20.1. The Morgan fingerprint density at radius 3 is 2.14 bits per heavy atom. The summed E-state index contributed by atoms with van der Waals surface area (Å²) in [6.07, 6.45) is 1.42.